The number of nitrogens with two attached hydrogens (primary N) is 1. The van der Waals surface area contributed by atoms with E-state index in [2.05, 4.69) is 10.3 Å². The minimum atomic E-state index is -0.487. The molecule has 3 N–H and O–H groups in total. The van der Waals surface area contributed by atoms with Crippen LogP contribution in [0.4, 0.5) is 0 Å². The molecule has 1 aromatic rings. The predicted molar refractivity (Wildman–Crippen MR) is 77.9 cm³/mol. The minimum absolute atomic E-state index is 0.202. The highest BCUT2D eigenvalue weighted by molar-refractivity contribution is 7.99. The zero-order valence-electron chi connectivity index (χ0n) is 11.3. The molecule has 19 heavy (non-hydrogen) atoms. The van der Waals surface area contributed by atoms with Crippen molar-refractivity contribution in [3.8, 4) is 0 Å². The summed E-state index contributed by atoms with van der Waals surface area (Å²) in [4.78, 5) is 17.0. The minimum Gasteiger partial charge on any atom is -0.368 e. The molecule has 0 bridgehead atoms. The van der Waals surface area contributed by atoms with E-state index in [1.807, 2.05) is 30.9 Å². The topological polar surface area (TPSA) is 68.0 Å². The number of hydrogen-bond acceptors (Lipinski definition) is 4. The lowest BCUT2D eigenvalue weighted by Crippen LogP contribution is -2.56. The first-order valence-corrected chi connectivity index (χ1v) is 7.69. The van der Waals surface area contributed by atoms with Gasteiger partial charge in [-0.2, -0.15) is 0 Å². The lowest BCUT2D eigenvalue weighted by molar-refractivity contribution is -0.125. The van der Waals surface area contributed by atoms with Crippen molar-refractivity contribution < 1.29 is 4.79 Å². The molecule has 0 saturated heterocycles. The Morgan fingerprint density at radius 2 is 2.32 bits per heavy atom. The van der Waals surface area contributed by atoms with Crippen molar-refractivity contribution in [3.63, 3.8) is 0 Å². The average Bonchev–Trinajstić information content (AvgIpc) is 2.84. The van der Waals surface area contributed by atoms with Crippen molar-refractivity contribution in [1.82, 2.24) is 10.3 Å². The van der Waals surface area contributed by atoms with Crippen molar-refractivity contribution >= 4 is 17.7 Å². The monoisotopic (exact) mass is 279 g/mol. The Morgan fingerprint density at radius 3 is 2.95 bits per heavy atom. The van der Waals surface area contributed by atoms with Crippen LogP contribution >= 0.6 is 11.8 Å². The number of nitrogens with zero attached hydrogens (tertiary/aromatic N) is 1. The highest BCUT2D eigenvalue weighted by Crippen LogP contribution is 2.38. The molecule has 1 aromatic heterocycles. The SMILES string of the molecule is CNC1(C(N)=O)CCCC1CCSc1ccncc1. The molecular weight excluding hydrogens is 258 g/mol. The van der Waals surface area contributed by atoms with Gasteiger partial charge >= 0.3 is 0 Å². The molecule has 5 heteroatoms. The second kappa shape index (κ2) is 6.39. The first-order valence-electron chi connectivity index (χ1n) is 6.70. The standard InChI is InChI=1S/C14H21N3OS/c1-16-14(13(15)18)7-2-3-11(14)6-10-19-12-4-8-17-9-5-12/h4-5,8-9,11,16H,2-3,6-7,10H2,1H3,(H2,15,18). The van der Waals surface area contributed by atoms with Crippen LogP contribution in [0.5, 0.6) is 0 Å². The van der Waals surface area contributed by atoms with Gasteiger partial charge in [0, 0.05) is 17.3 Å². The van der Waals surface area contributed by atoms with E-state index in [1.165, 1.54) is 4.90 Å². The molecule has 0 aromatic carbocycles. The van der Waals surface area contributed by atoms with Crippen molar-refractivity contribution in [2.45, 2.75) is 36.1 Å². The van der Waals surface area contributed by atoms with E-state index in [9.17, 15) is 4.79 Å². The fraction of sp³-hybridized carbons (Fsp3) is 0.571. The maximum Gasteiger partial charge on any atom is 0.238 e. The molecule has 4 nitrogen and oxygen atoms in total. The number of amides is 1. The molecule has 2 atom stereocenters. The summed E-state index contributed by atoms with van der Waals surface area (Å²) < 4.78 is 0. The summed E-state index contributed by atoms with van der Waals surface area (Å²) >= 11 is 1.81. The molecule has 1 saturated carbocycles. The molecular formula is C14H21N3OS. The van der Waals surface area contributed by atoms with Gasteiger partial charge in [0.25, 0.3) is 0 Å². The van der Waals surface area contributed by atoms with Crippen molar-refractivity contribution in [2.75, 3.05) is 12.8 Å². The van der Waals surface area contributed by atoms with Crippen LogP contribution in [0.15, 0.2) is 29.4 Å². The largest absolute Gasteiger partial charge is 0.368 e. The molecule has 1 aliphatic rings. The predicted octanol–water partition coefficient (Wildman–Crippen LogP) is 1.81. The number of carbonyl (C=O) groups excluding carboxylic acids is 1. The van der Waals surface area contributed by atoms with Gasteiger partial charge in [-0.15, -0.1) is 11.8 Å². The maximum absolute atomic E-state index is 11.7. The second-order valence-electron chi connectivity index (χ2n) is 4.99. The third kappa shape index (κ3) is 3.09. The Balaban J connectivity index is 1.90. The highest BCUT2D eigenvalue weighted by atomic mass is 32.2. The van der Waals surface area contributed by atoms with Gasteiger partial charge in [0.05, 0.1) is 0 Å². The zero-order valence-corrected chi connectivity index (χ0v) is 12.1. The normalized spacial score (nSPS) is 26.5. The summed E-state index contributed by atoms with van der Waals surface area (Å²) in [6.45, 7) is 0. The third-order valence-electron chi connectivity index (χ3n) is 4.09. The lowest BCUT2D eigenvalue weighted by Gasteiger charge is -2.32. The highest BCUT2D eigenvalue weighted by Gasteiger charge is 2.45. The average molecular weight is 279 g/mol. The lowest BCUT2D eigenvalue weighted by atomic mass is 9.84. The van der Waals surface area contributed by atoms with E-state index in [1.54, 1.807) is 12.4 Å². The summed E-state index contributed by atoms with van der Waals surface area (Å²) in [5, 5.41) is 3.18. The Kier molecular flexibility index (Phi) is 4.82. The summed E-state index contributed by atoms with van der Waals surface area (Å²) in [5.74, 6) is 1.15. The van der Waals surface area contributed by atoms with Gasteiger partial charge in [0.15, 0.2) is 0 Å². The fourth-order valence-corrected chi connectivity index (χ4v) is 3.95. The van der Waals surface area contributed by atoms with Crippen LogP contribution < -0.4 is 11.1 Å². The van der Waals surface area contributed by atoms with Crippen molar-refractivity contribution in [3.05, 3.63) is 24.5 Å². The van der Waals surface area contributed by atoms with Gasteiger partial charge in [-0.3, -0.25) is 9.78 Å². The van der Waals surface area contributed by atoms with Crippen LogP contribution in [0.1, 0.15) is 25.7 Å². The van der Waals surface area contributed by atoms with Crippen LogP contribution in [0.2, 0.25) is 0 Å². The first-order chi connectivity index (χ1) is 9.19. The van der Waals surface area contributed by atoms with Gasteiger partial charge in [-0.1, -0.05) is 6.42 Å². The van der Waals surface area contributed by atoms with Crippen LogP contribution in [0.3, 0.4) is 0 Å². The molecule has 0 aliphatic heterocycles. The van der Waals surface area contributed by atoms with E-state index < -0.39 is 5.54 Å². The first kappa shape index (κ1) is 14.3. The molecule has 1 heterocycles. The summed E-state index contributed by atoms with van der Waals surface area (Å²) in [5.41, 5.74) is 5.11. The summed E-state index contributed by atoms with van der Waals surface area (Å²) in [6, 6.07) is 4.03. The fourth-order valence-electron chi connectivity index (χ4n) is 3.00. The van der Waals surface area contributed by atoms with E-state index in [0.29, 0.717) is 5.92 Å². The molecule has 104 valence electrons. The molecule has 0 spiro atoms. The van der Waals surface area contributed by atoms with Gasteiger partial charge in [0.2, 0.25) is 5.91 Å². The van der Waals surface area contributed by atoms with E-state index in [-0.39, 0.29) is 5.91 Å². The number of thioether (sulfide) groups is 1. The maximum atomic E-state index is 11.7. The van der Waals surface area contributed by atoms with Crippen molar-refractivity contribution in [1.29, 1.82) is 0 Å². The van der Waals surface area contributed by atoms with E-state index in [0.717, 1.165) is 31.4 Å². The number of aromatic nitrogens is 1. The number of likely N-dealkylation sites (N-methyl/N-ethyl adjacent to an activating group) is 1. The molecule has 2 unspecified atom stereocenters. The summed E-state index contributed by atoms with van der Waals surface area (Å²) in [7, 11) is 1.85. The number of carbonyl (C=O) groups is 1. The smallest absolute Gasteiger partial charge is 0.238 e. The van der Waals surface area contributed by atoms with E-state index >= 15 is 0 Å². The molecule has 1 amide bonds. The Hall–Kier alpha value is -1.07. The molecule has 1 aliphatic carbocycles. The number of primary amides is 1. The molecule has 0 radical (unpaired) electrons. The van der Waals surface area contributed by atoms with Crippen LogP contribution in [0.25, 0.3) is 0 Å². The van der Waals surface area contributed by atoms with Crippen LogP contribution in [0, 0.1) is 5.92 Å². The molecule has 1 fully saturated rings. The van der Waals surface area contributed by atoms with Crippen LogP contribution in [-0.4, -0.2) is 29.2 Å². The van der Waals surface area contributed by atoms with Crippen LogP contribution in [-0.2, 0) is 4.79 Å². The number of pyridine rings is 1. The van der Waals surface area contributed by atoms with Gasteiger partial charge in [0.1, 0.15) is 5.54 Å². The summed E-state index contributed by atoms with van der Waals surface area (Å²) in [6.07, 6.45) is 7.65. The number of hydrogen-bond donors (Lipinski definition) is 2. The third-order valence-corrected chi connectivity index (χ3v) is 5.14. The Labute approximate surface area is 118 Å². The number of nitrogens with one attached hydrogen (secondary N) is 1. The van der Waals surface area contributed by atoms with E-state index in [4.69, 9.17) is 5.73 Å². The Morgan fingerprint density at radius 1 is 1.58 bits per heavy atom. The number of rotatable bonds is 6. The Bertz CT molecular complexity index is 426. The van der Waals surface area contributed by atoms with Crippen molar-refractivity contribution in [2.24, 2.45) is 11.7 Å². The van der Waals surface area contributed by atoms with Gasteiger partial charge in [-0.25, -0.2) is 0 Å². The second-order valence-corrected chi connectivity index (χ2v) is 6.16. The van der Waals surface area contributed by atoms with Gasteiger partial charge < -0.3 is 11.1 Å². The van der Waals surface area contributed by atoms with Gasteiger partial charge in [-0.05, 0) is 50.1 Å². The quantitative estimate of drug-likeness (QED) is 0.779. The zero-order chi connectivity index (χ0) is 13.7. The molecule has 2 rings (SSSR count).